The number of benzene rings is 2. The van der Waals surface area contributed by atoms with Crippen LogP contribution in [0.4, 0.5) is 13.2 Å². The van der Waals surface area contributed by atoms with E-state index in [2.05, 4.69) is 17.4 Å². The van der Waals surface area contributed by atoms with Crippen molar-refractivity contribution in [3.63, 3.8) is 0 Å². The summed E-state index contributed by atoms with van der Waals surface area (Å²) in [7, 11) is 0. The average molecular weight is 419 g/mol. The molecule has 162 valence electrons. The molecule has 6 heteroatoms. The normalized spacial score (nSPS) is 26.7. The van der Waals surface area contributed by atoms with Gasteiger partial charge < -0.3 is 15.8 Å². The topological polar surface area (TPSA) is 47.3 Å². The Hall–Kier alpha value is -2.05. The Morgan fingerprint density at radius 1 is 1.07 bits per heavy atom. The van der Waals surface area contributed by atoms with Crippen LogP contribution in [0.3, 0.4) is 0 Å². The van der Waals surface area contributed by atoms with E-state index < -0.39 is 17.8 Å². The lowest BCUT2D eigenvalue weighted by atomic mass is 9.79. The molecule has 1 unspecified atom stereocenters. The van der Waals surface area contributed by atoms with Gasteiger partial charge in [0.05, 0.1) is 0 Å². The molecule has 4 rings (SSSR count). The van der Waals surface area contributed by atoms with E-state index in [1.54, 1.807) is 0 Å². The molecular weight excluding hydrogens is 389 g/mol. The van der Waals surface area contributed by atoms with Gasteiger partial charge in [-0.3, -0.25) is 0 Å². The first-order chi connectivity index (χ1) is 14.3. The van der Waals surface area contributed by atoms with Crippen molar-refractivity contribution < 1.29 is 17.9 Å². The summed E-state index contributed by atoms with van der Waals surface area (Å²) >= 11 is 0. The maximum Gasteiger partial charge on any atom is 0.403 e. The molecule has 2 aliphatic rings. The summed E-state index contributed by atoms with van der Waals surface area (Å²) in [6, 6.07) is 14.6. The lowest BCUT2D eigenvalue weighted by Gasteiger charge is -2.37. The van der Waals surface area contributed by atoms with Crippen LogP contribution in [0.2, 0.25) is 0 Å². The Balaban J connectivity index is 1.47. The minimum atomic E-state index is -4.26. The SMILES string of the molecule is CC(NC[C@@]1(N)[C@@H]2CC[C@H]1Cc1cc(OCc3ccccc3)ccc1C2)C(F)(F)F. The van der Waals surface area contributed by atoms with Crippen molar-refractivity contribution in [2.24, 2.45) is 17.6 Å². The van der Waals surface area contributed by atoms with Gasteiger partial charge in [0.15, 0.2) is 0 Å². The standard InChI is InChI=1S/C24H29F3N2O/c1-16(24(25,26)27)29-15-23(28)20-8-9-21(23)12-19-13-22(10-7-18(19)11-20)30-14-17-5-3-2-4-6-17/h2-7,10,13,16,20-21,29H,8-9,11-12,14-15,28H2,1H3/t16?,20-,21+,23-/m1/s1. The second kappa shape index (κ2) is 8.23. The number of hydrogen-bond acceptors (Lipinski definition) is 3. The fraction of sp³-hybridized carbons (Fsp3) is 0.500. The Morgan fingerprint density at radius 2 is 1.73 bits per heavy atom. The van der Waals surface area contributed by atoms with Gasteiger partial charge in [-0.2, -0.15) is 13.2 Å². The van der Waals surface area contributed by atoms with Gasteiger partial charge in [0.2, 0.25) is 0 Å². The Morgan fingerprint density at radius 3 is 2.40 bits per heavy atom. The summed E-state index contributed by atoms with van der Waals surface area (Å²) < 4.78 is 44.8. The molecule has 0 radical (unpaired) electrons. The molecule has 1 fully saturated rings. The molecule has 0 aliphatic heterocycles. The van der Waals surface area contributed by atoms with E-state index in [0.717, 1.165) is 43.9 Å². The lowest BCUT2D eigenvalue weighted by Crippen LogP contribution is -2.59. The first kappa shape index (κ1) is 21.2. The zero-order chi connectivity index (χ0) is 21.4. The molecule has 3 nitrogen and oxygen atoms in total. The minimum Gasteiger partial charge on any atom is -0.489 e. The van der Waals surface area contributed by atoms with Crippen LogP contribution in [0.25, 0.3) is 0 Å². The summed E-state index contributed by atoms with van der Waals surface area (Å²) in [6.45, 7) is 1.85. The molecule has 0 spiro atoms. The molecule has 0 amide bonds. The second-order valence-electron chi connectivity index (χ2n) is 8.84. The van der Waals surface area contributed by atoms with E-state index in [-0.39, 0.29) is 18.4 Å². The number of alkyl halides is 3. The van der Waals surface area contributed by atoms with Crippen molar-refractivity contribution in [2.75, 3.05) is 6.54 Å². The van der Waals surface area contributed by atoms with Crippen molar-refractivity contribution in [1.82, 2.24) is 5.32 Å². The number of ether oxygens (including phenoxy) is 1. The molecule has 0 aromatic heterocycles. The molecule has 2 bridgehead atoms. The van der Waals surface area contributed by atoms with Crippen LogP contribution in [0, 0.1) is 11.8 Å². The van der Waals surface area contributed by atoms with Gasteiger partial charge in [0.1, 0.15) is 18.4 Å². The summed E-state index contributed by atoms with van der Waals surface area (Å²) in [4.78, 5) is 0. The van der Waals surface area contributed by atoms with Gasteiger partial charge >= 0.3 is 6.18 Å². The van der Waals surface area contributed by atoms with Crippen molar-refractivity contribution in [3.8, 4) is 5.75 Å². The van der Waals surface area contributed by atoms with Gasteiger partial charge in [0.25, 0.3) is 0 Å². The molecule has 3 N–H and O–H groups in total. The molecule has 0 heterocycles. The van der Waals surface area contributed by atoms with Crippen molar-refractivity contribution in [2.45, 2.75) is 57.0 Å². The van der Waals surface area contributed by atoms with Gasteiger partial charge in [-0.1, -0.05) is 36.4 Å². The second-order valence-corrected chi connectivity index (χ2v) is 8.84. The van der Waals surface area contributed by atoms with Crippen LogP contribution in [-0.2, 0) is 19.4 Å². The van der Waals surface area contributed by atoms with Gasteiger partial charge in [0, 0.05) is 12.1 Å². The molecule has 4 atom stereocenters. The van der Waals surface area contributed by atoms with Crippen LogP contribution in [-0.4, -0.2) is 24.3 Å². The van der Waals surface area contributed by atoms with Gasteiger partial charge in [-0.05, 0) is 73.3 Å². The lowest BCUT2D eigenvalue weighted by molar-refractivity contribution is -0.152. The maximum atomic E-state index is 13.0. The molecule has 1 saturated carbocycles. The zero-order valence-electron chi connectivity index (χ0n) is 17.2. The number of halogens is 3. The molecule has 2 aromatic carbocycles. The highest BCUT2D eigenvalue weighted by Gasteiger charge is 2.49. The van der Waals surface area contributed by atoms with E-state index in [1.165, 1.54) is 11.1 Å². The Labute approximate surface area is 175 Å². The molecule has 2 aromatic rings. The smallest absolute Gasteiger partial charge is 0.403 e. The van der Waals surface area contributed by atoms with Crippen LogP contribution in [0.15, 0.2) is 48.5 Å². The van der Waals surface area contributed by atoms with E-state index in [9.17, 15) is 13.2 Å². The number of nitrogens with two attached hydrogens (primary N) is 1. The Bertz CT molecular complexity index is 870. The third kappa shape index (κ3) is 4.35. The van der Waals surface area contributed by atoms with E-state index >= 15 is 0 Å². The van der Waals surface area contributed by atoms with E-state index in [4.69, 9.17) is 10.5 Å². The van der Waals surface area contributed by atoms with E-state index in [1.807, 2.05) is 36.4 Å². The average Bonchev–Trinajstić information content (AvgIpc) is 2.94. The highest BCUT2D eigenvalue weighted by molar-refractivity contribution is 5.39. The number of nitrogens with one attached hydrogen (secondary N) is 1. The molecule has 30 heavy (non-hydrogen) atoms. The summed E-state index contributed by atoms with van der Waals surface area (Å²) in [5.74, 6) is 1.18. The third-order valence-electron chi connectivity index (χ3n) is 6.95. The largest absolute Gasteiger partial charge is 0.489 e. The first-order valence-electron chi connectivity index (χ1n) is 10.6. The van der Waals surface area contributed by atoms with Crippen LogP contribution >= 0.6 is 0 Å². The molecular formula is C24H29F3N2O. The van der Waals surface area contributed by atoms with Crippen LogP contribution in [0.5, 0.6) is 5.75 Å². The van der Waals surface area contributed by atoms with Crippen molar-refractivity contribution in [1.29, 1.82) is 0 Å². The van der Waals surface area contributed by atoms with Crippen molar-refractivity contribution in [3.05, 3.63) is 65.2 Å². The summed E-state index contributed by atoms with van der Waals surface area (Å²) in [6.07, 6.45) is -0.739. The highest BCUT2D eigenvalue weighted by atomic mass is 19.4. The Kier molecular flexibility index (Phi) is 5.82. The first-order valence-corrected chi connectivity index (χ1v) is 10.6. The zero-order valence-corrected chi connectivity index (χ0v) is 17.2. The number of rotatable bonds is 6. The fourth-order valence-corrected chi connectivity index (χ4v) is 4.94. The maximum absolute atomic E-state index is 13.0. The monoisotopic (exact) mass is 418 g/mol. The quantitative estimate of drug-likeness (QED) is 0.719. The third-order valence-corrected chi connectivity index (χ3v) is 6.95. The minimum absolute atomic E-state index is 0.168. The molecule has 2 aliphatic carbocycles. The van der Waals surface area contributed by atoms with Crippen LogP contribution < -0.4 is 15.8 Å². The summed E-state index contributed by atoms with van der Waals surface area (Å²) in [5, 5.41) is 2.66. The predicted molar refractivity (Wildman–Crippen MR) is 111 cm³/mol. The van der Waals surface area contributed by atoms with E-state index in [0.29, 0.717) is 6.61 Å². The number of fused-ring (bicyclic) bond motifs is 3. The highest BCUT2D eigenvalue weighted by Crippen LogP contribution is 2.46. The van der Waals surface area contributed by atoms with Gasteiger partial charge in [-0.25, -0.2) is 0 Å². The molecule has 0 saturated heterocycles. The summed E-state index contributed by atoms with van der Waals surface area (Å²) in [5.41, 5.74) is 9.74. The number of hydrogen-bond donors (Lipinski definition) is 2. The van der Waals surface area contributed by atoms with Gasteiger partial charge in [-0.15, -0.1) is 0 Å². The van der Waals surface area contributed by atoms with Crippen molar-refractivity contribution >= 4 is 0 Å². The van der Waals surface area contributed by atoms with Crippen LogP contribution in [0.1, 0.15) is 36.5 Å². The fourth-order valence-electron chi connectivity index (χ4n) is 4.94. The predicted octanol–water partition coefficient (Wildman–Crippen LogP) is 4.63.